The Hall–Kier alpha value is -3.94. The maximum atomic E-state index is 11.5. The zero-order valence-electron chi connectivity index (χ0n) is 20.2. The number of hydrogen-bond donors (Lipinski definition) is 4. The molecule has 10 heteroatoms. The van der Waals surface area contributed by atoms with Gasteiger partial charge in [-0.05, 0) is 49.7 Å². The average Bonchev–Trinajstić information content (AvgIpc) is 3.29. The fraction of sp³-hybridized carbons (Fsp3) is 0.385. The molecule has 0 spiro atoms. The molecule has 0 aliphatic carbocycles. The van der Waals surface area contributed by atoms with Crippen LogP contribution in [0, 0.1) is 17.2 Å². The number of oxazole rings is 1. The molecule has 2 heterocycles. The van der Waals surface area contributed by atoms with Crippen LogP contribution in [-0.4, -0.2) is 54.1 Å². The number of aliphatic hydroxyl groups excluding tert-OH is 1. The highest BCUT2D eigenvalue weighted by Crippen LogP contribution is 2.23. The molecule has 0 saturated carbocycles. The van der Waals surface area contributed by atoms with Crippen LogP contribution in [0.2, 0.25) is 0 Å². The quantitative estimate of drug-likeness (QED) is 0.284. The Kier molecular flexibility index (Phi) is 8.49. The van der Waals surface area contributed by atoms with Crippen LogP contribution in [-0.2, 0) is 4.79 Å². The molecular formula is C26H30N6O4. The van der Waals surface area contributed by atoms with Crippen molar-refractivity contribution in [1.82, 2.24) is 15.7 Å². The highest BCUT2D eigenvalue weighted by molar-refractivity contribution is 6.07. The zero-order chi connectivity index (χ0) is 25.3. The summed E-state index contributed by atoms with van der Waals surface area (Å²) in [7, 11) is 0. The van der Waals surface area contributed by atoms with E-state index in [-0.39, 0.29) is 18.4 Å². The topological polar surface area (TPSA) is 145 Å². The lowest BCUT2D eigenvalue weighted by Crippen LogP contribution is -2.32. The standard InChI is InChI=1S/C26H30N6O4/c1-17-12-24(34)31-32-25(17)18-8-9-23-21(13-18)30-26(36-23)29-11-5-4-10-28-15-20(33)16-35-22-7-3-2-6-19(22)14-27/h2-3,6-9,13,17,20,28,33H,4-5,10-12,15-16H2,1H3,(H,29,30)(H,31,34). The van der Waals surface area contributed by atoms with Crippen LogP contribution < -0.4 is 20.8 Å². The van der Waals surface area contributed by atoms with Crippen molar-refractivity contribution in [3.8, 4) is 11.8 Å². The van der Waals surface area contributed by atoms with Gasteiger partial charge < -0.3 is 24.9 Å². The van der Waals surface area contributed by atoms with Crippen LogP contribution in [0.4, 0.5) is 6.01 Å². The van der Waals surface area contributed by atoms with Crippen molar-refractivity contribution in [2.24, 2.45) is 11.0 Å². The largest absolute Gasteiger partial charge is 0.489 e. The summed E-state index contributed by atoms with van der Waals surface area (Å²) in [6.45, 7) is 3.96. The van der Waals surface area contributed by atoms with Crippen molar-refractivity contribution in [1.29, 1.82) is 5.26 Å². The predicted molar refractivity (Wildman–Crippen MR) is 136 cm³/mol. The molecular weight excluding hydrogens is 460 g/mol. The van der Waals surface area contributed by atoms with Gasteiger partial charge in [0.25, 0.3) is 6.01 Å². The SMILES string of the molecule is CC1CC(=O)NN=C1c1ccc2oc(NCCCCNCC(O)COc3ccccc3C#N)nc2c1. The molecule has 1 aliphatic rings. The van der Waals surface area contributed by atoms with Crippen molar-refractivity contribution < 1.29 is 19.1 Å². The smallest absolute Gasteiger partial charge is 0.295 e. The Bertz CT molecular complexity index is 1260. The molecule has 1 aromatic heterocycles. The third-order valence-corrected chi connectivity index (χ3v) is 5.82. The van der Waals surface area contributed by atoms with E-state index >= 15 is 0 Å². The Morgan fingerprint density at radius 1 is 1.28 bits per heavy atom. The summed E-state index contributed by atoms with van der Waals surface area (Å²) in [5.74, 6) is 0.452. The summed E-state index contributed by atoms with van der Waals surface area (Å²) < 4.78 is 11.3. The molecule has 188 valence electrons. The number of nitriles is 1. The van der Waals surface area contributed by atoms with Crippen molar-refractivity contribution in [3.05, 3.63) is 53.6 Å². The van der Waals surface area contributed by atoms with Gasteiger partial charge in [0, 0.05) is 31.0 Å². The Balaban J connectivity index is 1.14. The number of para-hydroxylation sites is 1. The summed E-state index contributed by atoms with van der Waals surface area (Å²) in [5, 5.41) is 29.8. The number of amides is 1. The lowest BCUT2D eigenvalue weighted by atomic mass is 9.94. The molecule has 1 aliphatic heterocycles. The molecule has 10 nitrogen and oxygen atoms in total. The number of anilines is 1. The molecule has 3 aromatic rings. The van der Waals surface area contributed by atoms with Crippen molar-refractivity contribution in [2.45, 2.75) is 32.3 Å². The van der Waals surface area contributed by atoms with Crippen molar-refractivity contribution in [2.75, 3.05) is 31.6 Å². The minimum Gasteiger partial charge on any atom is -0.489 e. The number of nitrogens with one attached hydrogen (secondary N) is 3. The zero-order valence-corrected chi connectivity index (χ0v) is 20.2. The normalized spacial score (nSPS) is 16.2. The molecule has 0 fully saturated rings. The monoisotopic (exact) mass is 490 g/mol. The van der Waals surface area contributed by atoms with E-state index in [0.29, 0.717) is 42.4 Å². The summed E-state index contributed by atoms with van der Waals surface area (Å²) >= 11 is 0. The number of unbranched alkanes of at least 4 members (excludes halogenated alkanes) is 1. The van der Waals surface area contributed by atoms with E-state index < -0.39 is 6.10 Å². The van der Waals surface area contributed by atoms with Crippen LogP contribution >= 0.6 is 0 Å². The van der Waals surface area contributed by atoms with Gasteiger partial charge in [-0.2, -0.15) is 15.3 Å². The lowest BCUT2D eigenvalue weighted by molar-refractivity contribution is -0.121. The van der Waals surface area contributed by atoms with Crippen LogP contribution in [0.1, 0.15) is 37.3 Å². The molecule has 4 N–H and O–H groups in total. The highest BCUT2D eigenvalue weighted by atomic mass is 16.5. The van der Waals surface area contributed by atoms with Gasteiger partial charge in [0.05, 0.1) is 11.3 Å². The second-order valence-corrected chi connectivity index (χ2v) is 8.75. The van der Waals surface area contributed by atoms with Crippen molar-refractivity contribution in [3.63, 3.8) is 0 Å². The average molecular weight is 491 g/mol. The summed E-state index contributed by atoms with van der Waals surface area (Å²) in [6, 6.07) is 15.2. The van der Waals surface area contributed by atoms with Gasteiger partial charge in [0.1, 0.15) is 30.0 Å². The maximum absolute atomic E-state index is 11.5. The molecule has 2 aromatic carbocycles. The number of ether oxygens (including phenoxy) is 1. The summed E-state index contributed by atoms with van der Waals surface area (Å²) in [4.78, 5) is 16.0. The van der Waals surface area contributed by atoms with Gasteiger partial charge in [-0.25, -0.2) is 5.43 Å². The molecule has 2 atom stereocenters. The van der Waals surface area contributed by atoms with Crippen LogP contribution in [0.25, 0.3) is 11.1 Å². The number of carbonyl (C=O) groups is 1. The third-order valence-electron chi connectivity index (χ3n) is 5.82. The van der Waals surface area contributed by atoms with Gasteiger partial charge in [0.2, 0.25) is 5.91 Å². The first kappa shape index (κ1) is 25.2. The van der Waals surface area contributed by atoms with E-state index in [0.717, 1.165) is 36.2 Å². The number of aromatic nitrogens is 1. The first-order valence-corrected chi connectivity index (χ1v) is 12.1. The van der Waals surface area contributed by atoms with E-state index in [2.05, 4.69) is 32.2 Å². The van der Waals surface area contributed by atoms with Crippen molar-refractivity contribution >= 4 is 28.7 Å². The van der Waals surface area contributed by atoms with E-state index in [4.69, 9.17) is 14.4 Å². The Labute approximate surface area is 209 Å². The fourth-order valence-corrected chi connectivity index (χ4v) is 3.93. The summed E-state index contributed by atoms with van der Waals surface area (Å²) in [6.07, 6.45) is 1.55. The minimum absolute atomic E-state index is 0.0447. The van der Waals surface area contributed by atoms with E-state index in [1.165, 1.54) is 0 Å². The van der Waals surface area contributed by atoms with Gasteiger partial charge in [-0.15, -0.1) is 0 Å². The second-order valence-electron chi connectivity index (χ2n) is 8.75. The molecule has 4 rings (SSSR count). The van der Waals surface area contributed by atoms with Gasteiger partial charge in [-0.1, -0.05) is 19.1 Å². The van der Waals surface area contributed by atoms with E-state index in [9.17, 15) is 9.90 Å². The minimum atomic E-state index is -0.668. The number of aliphatic hydroxyl groups is 1. The highest BCUT2D eigenvalue weighted by Gasteiger charge is 2.22. The number of hydrazone groups is 1. The van der Waals surface area contributed by atoms with Gasteiger partial charge in [0.15, 0.2) is 5.58 Å². The number of hydrogen-bond acceptors (Lipinski definition) is 9. The molecule has 0 saturated heterocycles. The molecule has 2 unspecified atom stereocenters. The second kappa shape index (κ2) is 12.2. The van der Waals surface area contributed by atoms with Gasteiger partial charge >= 0.3 is 0 Å². The number of benzene rings is 2. The first-order chi connectivity index (χ1) is 17.5. The maximum Gasteiger partial charge on any atom is 0.295 e. The molecule has 0 bridgehead atoms. The van der Waals surface area contributed by atoms with E-state index in [1.54, 1.807) is 24.3 Å². The van der Waals surface area contributed by atoms with Crippen LogP contribution in [0.15, 0.2) is 52.0 Å². The van der Waals surface area contributed by atoms with Gasteiger partial charge in [-0.3, -0.25) is 4.79 Å². The number of fused-ring (bicyclic) bond motifs is 1. The lowest BCUT2D eigenvalue weighted by Gasteiger charge is -2.18. The third kappa shape index (κ3) is 6.59. The molecule has 1 amide bonds. The molecule has 0 radical (unpaired) electrons. The number of rotatable bonds is 12. The first-order valence-electron chi connectivity index (χ1n) is 12.1. The fourth-order valence-electron chi connectivity index (χ4n) is 3.93. The number of carbonyl (C=O) groups excluding carboxylic acids is 1. The Morgan fingerprint density at radius 2 is 2.11 bits per heavy atom. The van der Waals surface area contributed by atoms with E-state index in [1.807, 2.05) is 25.1 Å². The summed E-state index contributed by atoms with van der Waals surface area (Å²) in [5.41, 5.74) is 6.17. The Morgan fingerprint density at radius 3 is 2.94 bits per heavy atom. The van der Waals surface area contributed by atoms with Crippen LogP contribution in [0.5, 0.6) is 5.75 Å². The van der Waals surface area contributed by atoms with Crippen LogP contribution in [0.3, 0.4) is 0 Å². The molecule has 36 heavy (non-hydrogen) atoms. The number of nitrogens with zero attached hydrogens (tertiary/aromatic N) is 3. The predicted octanol–water partition coefficient (Wildman–Crippen LogP) is 2.78.